The normalized spacial score (nSPS) is 10.3. The van der Waals surface area contributed by atoms with E-state index in [0.717, 1.165) is 23.5 Å². The van der Waals surface area contributed by atoms with Crippen molar-refractivity contribution in [1.82, 2.24) is 15.3 Å². The number of rotatable bonds is 6. The molecule has 0 fully saturated rings. The number of aromatic nitrogens is 2. The highest BCUT2D eigenvalue weighted by Crippen LogP contribution is 2.12. The Morgan fingerprint density at radius 1 is 1.40 bits per heavy atom. The van der Waals surface area contributed by atoms with Crippen LogP contribution in [0.4, 0.5) is 5.69 Å². The monoisotopic (exact) mass is 272 g/mol. The zero-order valence-corrected chi connectivity index (χ0v) is 11.9. The number of hydrogen-bond acceptors (Lipinski definition) is 3. The molecule has 106 valence electrons. The zero-order chi connectivity index (χ0) is 14.4. The van der Waals surface area contributed by atoms with Gasteiger partial charge in [0.05, 0.1) is 18.6 Å². The first-order valence-corrected chi connectivity index (χ1v) is 6.81. The van der Waals surface area contributed by atoms with E-state index in [1.165, 1.54) is 0 Å². The molecule has 0 radical (unpaired) electrons. The molecule has 0 unspecified atom stereocenters. The third kappa shape index (κ3) is 3.60. The molecule has 0 aliphatic carbocycles. The number of nitrogens with zero attached hydrogens (tertiary/aromatic N) is 1. The van der Waals surface area contributed by atoms with Gasteiger partial charge in [0, 0.05) is 23.5 Å². The summed E-state index contributed by atoms with van der Waals surface area (Å²) in [6, 6.07) is 7.49. The minimum Gasteiger partial charge on any atom is -0.379 e. The van der Waals surface area contributed by atoms with Crippen LogP contribution in [-0.4, -0.2) is 22.4 Å². The predicted octanol–water partition coefficient (Wildman–Crippen LogP) is 2.47. The van der Waals surface area contributed by atoms with Crippen LogP contribution in [0.2, 0.25) is 0 Å². The van der Waals surface area contributed by atoms with E-state index >= 15 is 0 Å². The molecule has 20 heavy (non-hydrogen) atoms. The van der Waals surface area contributed by atoms with E-state index in [4.69, 9.17) is 0 Å². The molecule has 2 rings (SSSR count). The average molecular weight is 272 g/mol. The van der Waals surface area contributed by atoms with Crippen molar-refractivity contribution in [2.24, 2.45) is 0 Å². The van der Waals surface area contributed by atoms with Crippen molar-refractivity contribution in [3.05, 3.63) is 47.5 Å². The van der Waals surface area contributed by atoms with Gasteiger partial charge in [0.2, 0.25) is 0 Å². The molecule has 0 aliphatic heterocycles. The number of nitrogens with one attached hydrogen (secondary N) is 3. The maximum atomic E-state index is 11.9. The summed E-state index contributed by atoms with van der Waals surface area (Å²) < 4.78 is 0. The highest BCUT2D eigenvalue weighted by atomic mass is 16.1. The third-order valence-electron chi connectivity index (χ3n) is 3.05. The molecule has 0 bridgehead atoms. The van der Waals surface area contributed by atoms with E-state index in [0.29, 0.717) is 18.7 Å². The standard InChI is InChI=1S/C15H20N4O/c1-3-7-16-15(20)12-5-4-6-13(8-12)17-9-14-11(2)18-10-19-14/h4-6,8,10,17H,3,7,9H2,1-2H3,(H,16,20)(H,18,19). The Hall–Kier alpha value is -2.30. The van der Waals surface area contributed by atoms with Gasteiger partial charge in [0.25, 0.3) is 5.91 Å². The van der Waals surface area contributed by atoms with Gasteiger partial charge in [-0.1, -0.05) is 13.0 Å². The Morgan fingerprint density at radius 3 is 2.95 bits per heavy atom. The molecule has 0 spiro atoms. The van der Waals surface area contributed by atoms with Gasteiger partial charge in [-0.2, -0.15) is 0 Å². The van der Waals surface area contributed by atoms with Crippen molar-refractivity contribution in [2.45, 2.75) is 26.8 Å². The molecule has 0 atom stereocenters. The first-order chi connectivity index (χ1) is 9.70. The predicted molar refractivity (Wildman–Crippen MR) is 79.7 cm³/mol. The van der Waals surface area contributed by atoms with Crippen LogP contribution in [0.25, 0.3) is 0 Å². The summed E-state index contributed by atoms with van der Waals surface area (Å²) >= 11 is 0. The fourth-order valence-electron chi connectivity index (χ4n) is 1.86. The number of carbonyl (C=O) groups is 1. The van der Waals surface area contributed by atoms with Crippen molar-refractivity contribution in [2.75, 3.05) is 11.9 Å². The van der Waals surface area contributed by atoms with Crippen LogP contribution in [0.5, 0.6) is 0 Å². The summed E-state index contributed by atoms with van der Waals surface area (Å²) in [6.07, 6.45) is 2.61. The lowest BCUT2D eigenvalue weighted by Gasteiger charge is -2.08. The Labute approximate surface area is 118 Å². The van der Waals surface area contributed by atoms with Gasteiger partial charge in [0.1, 0.15) is 0 Å². The highest BCUT2D eigenvalue weighted by molar-refractivity contribution is 5.95. The molecule has 0 saturated heterocycles. The van der Waals surface area contributed by atoms with Crippen LogP contribution in [-0.2, 0) is 6.54 Å². The Balaban J connectivity index is 1.99. The van der Waals surface area contributed by atoms with E-state index < -0.39 is 0 Å². The number of benzene rings is 1. The second kappa shape index (κ2) is 6.75. The second-order valence-electron chi connectivity index (χ2n) is 4.66. The molecule has 1 heterocycles. The van der Waals surface area contributed by atoms with Crippen molar-refractivity contribution in [3.8, 4) is 0 Å². The first kappa shape index (κ1) is 14.1. The van der Waals surface area contributed by atoms with E-state index in [9.17, 15) is 4.79 Å². The minimum atomic E-state index is -0.0357. The van der Waals surface area contributed by atoms with Gasteiger partial charge in [-0.15, -0.1) is 0 Å². The quantitative estimate of drug-likeness (QED) is 0.756. The Kier molecular flexibility index (Phi) is 4.76. The number of aryl methyl sites for hydroxylation is 1. The molecule has 1 aromatic carbocycles. The third-order valence-corrected chi connectivity index (χ3v) is 3.05. The lowest BCUT2D eigenvalue weighted by Crippen LogP contribution is -2.23. The molecule has 5 nitrogen and oxygen atoms in total. The van der Waals surface area contributed by atoms with Gasteiger partial charge in [0.15, 0.2) is 0 Å². The van der Waals surface area contributed by atoms with Crippen molar-refractivity contribution in [3.63, 3.8) is 0 Å². The van der Waals surface area contributed by atoms with Gasteiger partial charge in [-0.25, -0.2) is 4.98 Å². The average Bonchev–Trinajstić information content (AvgIpc) is 2.88. The number of aromatic amines is 1. The molecule has 1 aromatic heterocycles. The van der Waals surface area contributed by atoms with Crippen LogP contribution in [0, 0.1) is 6.92 Å². The highest BCUT2D eigenvalue weighted by Gasteiger charge is 2.06. The Morgan fingerprint density at radius 2 is 2.25 bits per heavy atom. The Bertz CT molecular complexity index is 577. The summed E-state index contributed by atoms with van der Waals surface area (Å²) in [5.74, 6) is -0.0357. The number of anilines is 1. The number of amides is 1. The fourth-order valence-corrected chi connectivity index (χ4v) is 1.86. The molecule has 2 aromatic rings. The van der Waals surface area contributed by atoms with Crippen LogP contribution >= 0.6 is 0 Å². The summed E-state index contributed by atoms with van der Waals surface area (Å²) in [4.78, 5) is 19.2. The number of imidazole rings is 1. The summed E-state index contributed by atoms with van der Waals surface area (Å²) in [6.45, 7) is 5.35. The van der Waals surface area contributed by atoms with Crippen LogP contribution < -0.4 is 10.6 Å². The lowest BCUT2D eigenvalue weighted by atomic mass is 10.2. The SMILES string of the molecule is CCCNC(=O)c1cccc(NCc2nc[nH]c2C)c1. The number of H-pyrrole nitrogens is 1. The van der Waals surface area contributed by atoms with Crippen LogP contribution in [0.1, 0.15) is 35.1 Å². The fraction of sp³-hybridized carbons (Fsp3) is 0.333. The molecule has 3 N–H and O–H groups in total. The summed E-state index contributed by atoms with van der Waals surface area (Å²) in [7, 11) is 0. The number of carbonyl (C=O) groups excluding carboxylic acids is 1. The van der Waals surface area contributed by atoms with Crippen molar-refractivity contribution < 1.29 is 4.79 Å². The van der Waals surface area contributed by atoms with Crippen molar-refractivity contribution >= 4 is 11.6 Å². The van der Waals surface area contributed by atoms with E-state index in [2.05, 4.69) is 20.6 Å². The topological polar surface area (TPSA) is 69.8 Å². The van der Waals surface area contributed by atoms with Crippen LogP contribution in [0.15, 0.2) is 30.6 Å². The maximum Gasteiger partial charge on any atom is 0.251 e. The second-order valence-corrected chi connectivity index (χ2v) is 4.66. The molecule has 5 heteroatoms. The molecule has 0 saturated carbocycles. The number of hydrogen-bond donors (Lipinski definition) is 3. The summed E-state index contributed by atoms with van der Waals surface area (Å²) in [5, 5.41) is 6.15. The largest absolute Gasteiger partial charge is 0.379 e. The molecular formula is C15H20N4O. The van der Waals surface area contributed by atoms with Gasteiger partial charge >= 0.3 is 0 Å². The minimum absolute atomic E-state index is 0.0357. The van der Waals surface area contributed by atoms with Crippen LogP contribution in [0.3, 0.4) is 0 Å². The van der Waals surface area contributed by atoms with E-state index in [1.807, 2.05) is 38.1 Å². The lowest BCUT2D eigenvalue weighted by molar-refractivity contribution is 0.0953. The van der Waals surface area contributed by atoms with E-state index in [-0.39, 0.29) is 5.91 Å². The smallest absolute Gasteiger partial charge is 0.251 e. The maximum absolute atomic E-state index is 11.9. The molecular weight excluding hydrogens is 252 g/mol. The summed E-state index contributed by atoms with van der Waals surface area (Å²) in [5.41, 5.74) is 3.61. The zero-order valence-electron chi connectivity index (χ0n) is 11.9. The van der Waals surface area contributed by atoms with Gasteiger partial charge < -0.3 is 15.6 Å². The van der Waals surface area contributed by atoms with Gasteiger partial charge in [-0.3, -0.25) is 4.79 Å². The van der Waals surface area contributed by atoms with Crippen molar-refractivity contribution in [1.29, 1.82) is 0 Å². The first-order valence-electron chi connectivity index (χ1n) is 6.81. The van der Waals surface area contributed by atoms with Gasteiger partial charge in [-0.05, 0) is 31.5 Å². The van der Waals surface area contributed by atoms with E-state index in [1.54, 1.807) is 6.33 Å². The molecule has 0 aliphatic rings. The molecule has 1 amide bonds.